The summed E-state index contributed by atoms with van der Waals surface area (Å²) in [5.74, 6) is 0.0941. The van der Waals surface area contributed by atoms with Crippen LogP contribution in [0.5, 0.6) is 5.75 Å². The highest BCUT2D eigenvalue weighted by Crippen LogP contribution is 2.26. The van der Waals surface area contributed by atoms with E-state index in [2.05, 4.69) is 15.6 Å². The number of thiazole rings is 1. The Bertz CT molecular complexity index is 988. The minimum Gasteiger partial charge on any atom is -0.481 e. The number of carbonyl (C=O) groups is 2. The van der Waals surface area contributed by atoms with Gasteiger partial charge in [-0.1, -0.05) is 29.8 Å². The highest BCUT2D eigenvalue weighted by molar-refractivity contribution is 7.14. The van der Waals surface area contributed by atoms with Gasteiger partial charge in [-0.25, -0.2) is 4.98 Å². The lowest BCUT2D eigenvalue weighted by Gasteiger charge is -2.13. The minimum atomic E-state index is -0.706. The van der Waals surface area contributed by atoms with E-state index in [1.54, 1.807) is 43.3 Å². The summed E-state index contributed by atoms with van der Waals surface area (Å²) in [7, 11) is 0. The van der Waals surface area contributed by atoms with Crippen LogP contribution in [-0.4, -0.2) is 22.9 Å². The number of carbonyl (C=O) groups excluding carboxylic acids is 2. The molecule has 0 saturated heterocycles. The number of aromatic nitrogens is 1. The summed E-state index contributed by atoms with van der Waals surface area (Å²) >= 11 is 7.25. The van der Waals surface area contributed by atoms with Gasteiger partial charge < -0.3 is 10.1 Å². The molecule has 0 spiro atoms. The largest absolute Gasteiger partial charge is 0.481 e. The molecule has 6 nitrogen and oxygen atoms in total. The minimum absolute atomic E-state index is 0.125. The smallest absolute Gasteiger partial charge is 0.266 e. The Kier molecular flexibility index (Phi) is 6.28. The zero-order chi connectivity index (χ0) is 20.1. The average Bonchev–Trinajstić information content (AvgIpc) is 3.10. The van der Waals surface area contributed by atoms with Gasteiger partial charge in [-0.05, 0) is 37.3 Å². The Morgan fingerprint density at radius 2 is 1.89 bits per heavy atom. The van der Waals surface area contributed by atoms with Crippen molar-refractivity contribution in [2.24, 2.45) is 0 Å². The molecular formula is C20H18ClN3O3S. The van der Waals surface area contributed by atoms with E-state index >= 15 is 0 Å². The summed E-state index contributed by atoms with van der Waals surface area (Å²) in [5.41, 5.74) is 2.33. The Hall–Kier alpha value is -2.90. The number of ether oxygens (including phenoxy) is 1. The molecule has 0 radical (unpaired) electrons. The third-order valence-corrected chi connectivity index (χ3v) is 4.71. The summed E-state index contributed by atoms with van der Waals surface area (Å²) in [6.07, 6.45) is -0.706. The third kappa shape index (κ3) is 5.31. The summed E-state index contributed by atoms with van der Waals surface area (Å²) in [6, 6.07) is 14.2. The molecule has 2 aromatic carbocycles. The summed E-state index contributed by atoms with van der Waals surface area (Å²) in [5, 5.41) is 8.35. The monoisotopic (exact) mass is 415 g/mol. The molecule has 1 heterocycles. The molecule has 3 aromatic rings. The van der Waals surface area contributed by atoms with Crippen molar-refractivity contribution < 1.29 is 14.3 Å². The number of amides is 2. The second-order valence-corrected chi connectivity index (χ2v) is 7.30. The molecule has 0 aliphatic heterocycles. The van der Waals surface area contributed by atoms with Crippen LogP contribution in [-0.2, 0) is 9.59 Å². The van der Waals surface area contributed by atoms with Crippen LogP contribution >= 0.6 is 22.9 Å². The Labute approximate surface area is 171 Å². The molecule has 0 saturated carbocycles. The SMILES string of the molecule is CC(=O)Nc1ccc(-c2csc(NC(=O)C(C)Oc3cccc(Cl)c3)n2)cc1. The molecule has 3 rings (SSSR count). The van der Waals surface area contributed by atoms with Gasteiger partial charge in [0, 0.05) is 28.6 Å². The van der Waals surface area contributed by atoms with Crippen molar-refractivity contribution in [3.63, 3.8) is 0 Å². The van der Waals surface area contributed by atoms with Gasteiger partial charge in [-0.15, -0.1) is 11.3 Å². The van der Waals surface area contributed by atoms with E-state index in [0.29, 0.717) is 21.6 Å². The van der Waals surface area contributed by atoms with Crippen LogP contribution in [0.1, 0.15) is 13.8 Å². The van der Waals surface area contributed by atoms with Gasteiger partial charge in [-0.2, -0.15) is 0 Å². The quantitative estimate of drug-likeness (QED) is 0.604. The molecule has 0 aliphatic carbocycles. The van der Waals surface area contributed by atoms with E-state index in [1.165, 1.54) is 18.3 Å². The first-order chi connectivity index (χ1) is 13.4. The van der Waals surface area contributed by atoms with Crippen molar-refractivity contribution in [3.8, 4) is 17.0 Å². The van der Waals surface area contributed by atoms with Crippen LogP contribution in [0.4, 0.5) is 10.8 Å². The third-order valence-electron chi connectivity index (χ3n) is 3.71. The fraction of sp³-hybridized carbons (Fsp3) is 0.150. The van der Waals surface area contributed by atoms with Crippen LogP contribution in [0.2, 0.25) is 5.02 Å². The van der Waals surface area contributed by atoms with Gasteiger partial charge in [0.25, 0.3) is 5.91 Å². The van der Waals surface area contributed by atoms with Gasteiger partial charge in [0.05, 0.1) is 5.69 Å². The number of nitrogens with zero attached hydrogens (tertiary/aromatic N) is 1. The van der Waals surface area contributed by atoms with Crippen LogP contribution in [0.3, 0.4) is 0 Å². The second-order valence-electron chi connectivity index (χ2n) is 6.00. The maximum Gasteiger partial charge on any atom is 0.266 e. The Morgan fingerprint density at radius 1 is 1.14 bits per heavy atom. The van der Waals surface area contributed by atoms with E-state index in [4.69, 9.17) is 16.3 Å². The maximum atomic E-state index is 12.4. The predicted molar refractivity (Wildman–Crippen MR) is 112 cm³/mol. The topological polar surface area (TPSA) is 80.3 Å². The van der Waals surface area contributed by atoms with Gasteiger partial charge in [-0.3, -0.25) is 14.9 Å². The van der Waals surface area contributed by atoms with E-state index in [1.807, 2.05) is 17.5 Å². The van der Waals surface area contributed by atoms with Crippen LogP contribution in [0, 0.1) is 0 Å². The average molecular weight is 416 g/mol. The maximum absolute atomic E-state index is 12.4. The first kappa shape index (κ1) is 19.9. The lowest BCUT2D eigenvalue weighted by atomic mass is 10.1. The van der Waals surface area contributed by atoms with Crippen LogP contribution in [0.25, 0.3) is 11.3 Å². The molecule has 0 aliphatic rings. The molecule has 1 aromatic heterocycles. The van der Waals surface area contributed by atoms with Crippen molar-refractivity contribution in [2.75, 3.05) is 10.6 Å². The number of nitrogens with one attached hydrogen (secondary N) is 2. The van der Waals surface area contributed by atoms with Crippen molar-refractivity contribution >= 4 is 45.6 Å². The number of halogens is 1. The van der Waals surface area contributed by atoms with Crippen LogP contribution < -0.4 is 15.4 Å². The zero-order valence-electron chi connectivity index (χ0n) is 15.2. The fourth-order valence-corrected chi connectivity index (χ4v) is 3.30. The van der Waals surface area contributed by atoms with E-state index < -0.39 is 6.10 Å². The van der Waals surface area contributed by atoms with Crippen molar-refractivity contribution in [1.29, 1.82) is 0 Å². The van der Waals surface area contributed by atoms with Gasteiger partial charge >= 0.3 is 0 Å². The first-order valence-corrected chi connectivity index (χ1v) is 9.73. The van der Waals surface area contributed by atoms with Crippen molar-refractivity contribution in [2.45, 2.75) is 20.0 Å². The highest BCUT2D eigenvalue weighted by Gasteiger charge is 2.17. The highest BCUT2D eigenvalue weighted by atomic mass is 35.5. The summed E-state index contributed by atoms with van der Waals surface area (Å²) < 4.78 is 5.61. The molecular weight excluding hydrogens is 398 g/mol. The van der Waals surface area contributed by atoms with E-state index in [0.717, 1.165) is 11.3 Å². The molecule has 144 valence electrons. The predicted octanol–water partition coefficient (Wildman–Crippen LogP) is 4.83. The fourth-order valence-electron chi connectivity index (χ4n) is 2.40. The van der Waals surface area contributed by atoms with Gasteiger partial charge in [0.2, 0.25) is 5.91 Å². The molecule has 8 heteroatoms. The molecule has 0 fully saturated rings. The number of benzene rings is 2. The Balaban J connectivity index is 1.62. The summed E-state index contributed by atoms with van der Waals surface area (Å²) in [4.78, 5) is 27.9. The lowest BCUT2D eigenvalue weighted by molar-refractivity contribution is -0.122. The molecule has 2 amide bonds. The zero-order valence-corrected chi connectivity index (χ0v) is 16.8. The molecule has 0 bridgehead atoms. The number of anilines is 2. The lowest BCUT2D eigenvalue weighted by Crippen LogP contribution is -2.30. The first-order valence-electron chi connectivity index (χ1n) is 8.47. The summed E-state index contributed by atoms with van der Waals surface area (Å²) in [6.45, 7) is 3.12. The van der Waals surface area contributed by atoms with Crippen LogP contribution in [0.15, 0.2) is 53.9 Å². The standard InChI is InChI=1S/C20H18ClN3O3S/c1-12(27-17-5-3-4-15(21)10-17)19(26)24-20-23-18(11-28-20)14-6-8-16(9-7-14)22-13(2)25/h3-12H,1-2H3,(H,22,25)(H,23,24,26). The molecule has 1 unspecified atom stereocenters. The molecule has 2 N–H and O–H groups in total. The second kappa shape index (κ2) is 8.86. The van der Waals surface area contributed by atoms with Crippen molar-refractivity contribution in [1.82, 2.24) is 4.98 Å². The van der Waals surface area contributed by atoms with Gasteiger partial charge in [0.15, 0.2) is 11.2 Å². The number of hydrogen-bond acceptors (Lipinski definition) is 5. The number of rotatable bonds is 6. The van der Waals surface area contributed by atoms with E-state index in [-0.39, 0.29) is 11.8 Å². The van der Waals surface area contributed by atoms with Gasteiger partial charge in [0.1, 0.15) is 5.75 Å². The van der Waals surface area contributed by atoms with Crippen molar-refractivity contribution in [3.05, 3.63) is 58.9 Å². The number of hydrogen-bond donors (Lipinski definition) is 2. The normalized spacial score (nSPS) is 11.5. The van der Waals surface area contributed by atoms with E-state index in [9.17, 15) is 9.59 Å². The molecule has 1 atom stereocenters. The Morgan fingerprint density at radius 3 is 2.57 bits per heavy atom. The molecule has 28 heavy (non-hydrogen) atoms.